The summed E-state index contributed by atoms with van der Waals surface area (Å²) < 4.78 is 6.80. The molecule has 31 heavy (non-hydrogen) atoms. The maximum atomic E-state index is 12.1. The molecule has 0 atom stereocenters. The zero-order valence-corrected chi connectivity index (χ0v) is 18.1. The number of carbonyl (C=O) groups excluding carboxylic acids is 2. The number of amides is 1. The molecule has 0 spiro atoms. The van der Waals surface area contributed by atoms with E-state index in [0.29, 0.717) is 11.7 Å². The summed E-state index contributed by atoms with van der Waals surface area (Å²) in [5, 5.41) is 7.00. The molecule has 0 saturated carbocycles. The number of hydrogen-bond donors (Lipinski definition) is 1. The molecule has 7 nitrogen and oxygen atoms in total. The lowest BCUT2D eigenvalue weighted by Gasteiger charge is -2.27. The number of carbonyl (C=O) groups is 2. The van der Waals surface area contributed by atoms with Gasteiger partial charge in [-0.1, -0.05) is 18.2 Å². The standard InChI is InChI=1S/C24H28N4O3/c1-4-27(18(2)3)21-12-10-20(11-13-21)26-23(29)17-31-24(30)14-19-15-25-28(16-19)22-8-6-5-7-9-22/h5-13,15-16,18H,4,14,17H2,1-3H3,(H,26,29). The molecule has 1 N–H and O–H groups in total. The first kappa shape index (κ1) is 22.1. The minimum absolute atomic E-state index is 0.0524. The third-order valence-electron chi connectivity index (χ3n) is 4.82. The number of benzene rings is 2. The molecule has 162 valence electrons. The van der Waals surface area contributed by atoms with E-state index in [4.69, 9.17) is 4.74 Å². The van der Waals surface area contributed by atoms with Crippen LogP contribution in [0.1, 0.15) is 26.3 Å². The van der Waals surface area contributed by atoms with E-state index in [1.54, 1.807) is 17.1 Å². The summed E-state index contributed by atoms with van der Waals surface area (Å²) >= 11 is 0. The van der Waals surface area contributed by atoms with Gasteiger partial charge in [-0.15, -0.1) is 0 Å². The molecule has 0 saturated heterocycles. The zero-order chi connectivity index (χ0) is 22.2. The van der Waals surface area contributed by atoms with Crippen LogP contribution in [0.2, 0.25) is 0 Å². The van der Waals surface area contributed by atoms with Crippen molar-refractivity contribution in [2.75, 3.05) is 23.4 Å². The molecular formula is C24H28N4O3. The van der Waals surface area contributed by atoms with Crippen molar-refractivity contribution in [2.45, 2.75) is 33.2 Å². The maximum absolute atomic E-state index is 12.1. The first-order chi connectivity index (χ1) is 15.0. The topological polar surface area (TPSA) is 76.5 Å². The maximum Gasteiger partial charge on any atom is 0.310 e. The normalized spacial score (nSPS) is 10.7. The Morgan fingerprint density at radius 2 is 1.81 bits per heavy atom. The molecule has 0 fully saturated rings. The Labute approximate surface area is 182 Å². The Morgan fingerprint density at radius 1 is 1.10 bits per heavy atom. The first-order valence-corrected chi connectivity index (χ1v) is 10.4. The van der Waals surface area contributed by atoms with E-state index in [9.17, 15) is 9.59 Å². The molecule has 1 amide bonds. The molecular weight excluding hydrogens is 392 g/mol. The second kappa shape index (κ2) is 10.4. The summed E-state index contributed by atoms with van der Waals surface area (Å²) in [7, 11) is 0. The van der Waals surface area contributed by atoms with Gasteiger partial charge in [0.15, 0.2) is 6.61 Å². The predicted molar refractivity (Wildman–Crippen MR) is 121 cm³/mol. The summed E-state index contributed by atoms with van der Waals surface area (Å²) in [5.41, 5.74) is 3.38. The Hall–Kier alpha value is -3.61. The molecule has 3 rings (SSSR count). The number of hydrogen-bond acceptors (Lipinski definition) is 5. The van der Waals surface area contributed by atoms with E-state index in [1.165, 1.54) is 0 Å². The number of para-hydroxylation sites is 1. The molecule has 0 aliphatic rings. The molecule has 7 heteroatoms. The Morgan fingerprint density at radius 3 is 2.45 bits per heavy atom. The van der Waals surface area contributed by atoms with Gasteiger partial charge in [-0.25, -0.2) is 4.68 Å². The average Bonchev–Trinajstić information content (AvgIpc) is 3.23. The van der Waals surface area contributed by atoms with Gasteiger partial charge in [0.25, 0.3) is 5.91 Å². The van der Waals surface area contributed by atoms with Crippen molar-refractivity contribution in [1.82, 2.24) is 9.78 Å². The lowest BCUT2D eigenvalue weighted by molar-refractivity contribution is -0.146. The molecule has 0 aliphatic heterocycles. The monoisotopic (exact) mass is 420 g/mol. The number of esters is 1. The summed E-state index contributed by atoms with van der Waals surface area (Å²) in [5.74, 6) is -0.856. The highest BCUT2D eigenvalue weighted by Gasteiger charge is 2.12. The van der Waals surface area contributed by atoms with Crippen molar-refractivity contribution in [3.63, 3.8) is 0 Å². The van der Waals surface area contributed by atoms with Crippen molar-refractivity contribution in [2.24, 2.45) is 0 Å². The molecule has 0 unspecified atom stereocenters. The highest BCUT2D eigenvalue weighted by Crippen LogP contribution is 2.19. The van der Waals surface area contributed by atoms with Gasteiger partial charge >= 0.3 is 5.97 Å². The second-order valence-electron chi connectivity index (χ2n) is 7.44. The van der Waals surface area contributed by atoms with Crippen LogP contribution in [0.4, 0.5) is 11.4 Å². The summed E-state index contributed by atoms with van der Waals surface area (Å²) in [4.78, 5) is 26.5. The Kier molecular flexibility index (Phi) is 7.43. The minimum atomic E-state index is -0.478. The SMILES string of the molecule is CCN(c1ccc(NC(=O)COC(=O)Cc2cnn(-c3ccccc3)c2)cc1)C(C)C. The summed E-state index contributed by atoms with van der Waals surface area (Å²) in [6, 6.07) is 17.6. The largest absolute Gasteiger partial charge is 0.455 e. The molecule has 0 bridgehead atoms. The number of rotatable bonds is 9. The quantitative estimate of drug-likeness (QED) is 0.533. The number of ether oxygens (including phenoxy) is 1. The fourth-order valence-corrected chi connectivity index (χ4v) is 3.32. The highest BCUT2D eigenvalue weighted by molar-refractivity contribution is 5.93. The minimum Gasteiger partial charge on any atom is -0.455 e. The Balaban J connectivity index is 1.46. The molecule has 0 radical (unpaired) electrons. The van der Waals surface area contributed by atoms with Gasteiger partial charge in [-0.3, -0.25) is 9.59 Å². The van der Waals surface area contributed by atoms with E-state index >= 15 is 0 Å². The third kappa shape index (κ3) is 6.18. The number of anilines is 2. The molecule has 1 aromatic heterocycles. The highest BCUT2D eigenvalue weighted by atomic mass is 16.5. The van der Waals surface area contributed by atoms with Crippen LogP contribution >= 0.6 is 0 Å². The van der Waals surface area contributed by atoms with Crippen LogP contribution in [0, 0.1) is 0 Å². The van der Waals surface area contributed by atoms with Gasteiger partial charge in [-0.2, -0.15) is 5.10 Å². The molecule has 2 aromatic carbocycles. The Bertz CT molecular complexity index is 997. The van der Waals surface area contributed by atoms with Crippen LogP contribution in [-0.2, 0) is 20.7 Å². The van der Waals surface area contributed by atoms with Crippen molar-refractivity contribution in [3.05, 3.63) is 72.6 Å². The van der Waals surface area contributed by atoms with Crippen LogP contribution in [0.15, 0.2) is 67.0 Å². The van der Waals surface area contributed by atoms with Crippen LogP contribution in [0.25, 0.3) is 5.69 Å². The first-order valence-electron chi connectivity index (χ1n) is 10.4. The molecule has 0 aliphatic carbocycles. The summed E-state index contributed by atoms with van der Waals surface area (Å²) in [6.07, 6.45) is 3.44. The van der Waals surface area contributed by atoms with E-state index in [-0.39, 0.29) is 18.9 Å². The third-order valence-corrected chi connectivity index (χ3v) is 4.82. The van der Waals surface area contributed by atoms with Gasteiger partial charge in [0.1, 0.15) is 0 Å². The fraction of sp³-hybridized carbons (Fsp3) is 0.292. The van der Waals surface area contributed by atoms with Crippen LogP contribution in [0.5, 0.6) is 0 Å². The van der Waals surface area contributed by atoms with Crippen LogP contribution < -0.4 is 10.2 Å². The smallest absolute Gasteiger partial charge is 0.310 e. The molecule has 1 heterocycles. The number of nitrogens with zero attached hydrogens (tertiary/aromatic N) is 3. The van der Waals surface area contributed by atoms with Crippen molar-refractivity contribution < 1.29 is 14.3 Å². The van der Waals surface area contributed by atoms with Gasteiger partial charge < -0.3 is 15.0 Å². The van der Waals surface area contributed by atoms with Crippen LogP contribution in [-0.4, -0.2) is 40.9 Å². The predicted octanol–water partition coefficient (Wildman–Crippen LogP) is 3.83. The van der Waals surface area contributed by atoms with E-state index in [2.05, 4.69) is 36.1 Å². The zero-order valence-electron chi connectivity index (χ0n) is 18.1. The van der Waals surface area contributed by atoms with Gasteiger partial charge in [0.2, 0.25) is 0 Å². The molecule has 3 aromatic rings. The van der Waals surface area contributed by atoms with E-state index < -0.39 is 5.97 Å². The van der Waals surface area contributed by atoms with Gasteiger partial charge in [0.05, 0.1) is 18.3 Å². The van der Waals surface area contributed by atoms with Crippen molar-refractivity contribution in [3.8, 4) is 5.69 Å². The lowest BCUT2D eigenvalue weighted by atomic mass is 10.2. The van der Waals surface area contributed by atoms with Gasteiger partial charge in [-0.05, 0) is 57.2 Å². The fourth-order valence-electron chi connectivity index (χ4n) is 3.32. The summed E-state index contributed by atoms with van der Waals surface area (Å²) in [6.45, 7) is 6.96. The van der Waals surface area contributed by atoms with Gasteiger partial charge in [0, 0.05) is 35.7 Å². The average molecular weight is 421 g/mol. The van der Waals surface area contributed by atoms with Crippen molar-refractivity contribution >= 4 is 23.3 Å². The van der Waals surface area contributed by atoms with Crippen molar-refractivity contribution in [1.29, 1.82) is 0 Å². The lowest BCUT2D eigenvalue weighted by Crippen LogP contribution is -2.30. The van der Waals surface area contributed by atoms with Crippen LogP contribution in [0.3, 0.4) is 0 Å². The second-order valence-corrected chi connectivity index (χ2v) is 7.44. The van der Waals surface area contributed by atoms with E-state index in [0.717, 1.165) is 23.5 Å². The van der Waals surface area contributed by atoms with E-state index in [1.807, 2.05) is 54.6 Å². The number of aromatic nitrogens is 2. The number of nitrogens with one attached hydrogen (secondary N) is 1.